The highest BCUT2D eigenvalue weighted by molar-refractivity contribution is 9.10. The van der Waals surface area contributed by atoms with Crippen LogP contribution in [-0.4, -0.2) is 42.6 Å². The highest BCUT2D eigenvalue weighted by Gasteiger charge is 2.24. The lowest BCUT2D eigenvalue weighted by molar-refractivity contribution is 0.0930. The Kier molecular flexibility index (Phi) is 4.59. The van der Waals surface area contributed by atoms with E-state index < -0.39 is 5.82 Å². The van der Waals surface area contributed by atoms with Gasteiger partial charge in [0.1, 0.15) is 12.4 Å². The van der Waals surface area contributed by atoms with Gasteiger partial charge in [-0.3, -0.25) is 4.79 Å². The molecular formula is C13H14BrFN2O3. The van der Waals surface area contributed by atoms with Crippen molar-refractivity contribution in [1.29, 1.82) is 0 Å². The second kappa shape index (κ2) is 6.21. The van der Waals surface area contributed by atoms with Gasteiger partial charge < -0.3 is 15.0 Å². The van der Waals surface area contributed by atoms with Gasteiger partial charge >= 0.3 is 6.09 Å². The Morgan fingerprint density at radius 1 is 1.60 bits per heavy atom. The summed E-state index contributed by atoms with van der Waals surface area (Å²) in [6, 6.07) is 3.83. The summed E-state index contributed by atoms with van der Waals surface area (Å²) in [4.78, 5) is 24.8. The van der Waals surface area contributed by atoms with E-state index in [1.54, 1.807) is 6.92 Å². The van der Waals surface area contributed by atoms with Crippen LogP contribution in [0.25, 0.3) is 0 Å². The van der Waals surface area contributed by atoms with Crippen molar-refractivity contribution in [3.05, 3.63) is 34.1 Å². The second-order valence-corrected chi connectivity index (χ2v) is 5.42. The normalized spacial score (nSPS) is 15.9. The Morgan fingerprint density at radius 3 is 2.95 bits per heavy atom. The summed E-state index contributed by atoms with van der Waals surface area (Å²) in [6.07, 6.45) is -0.365. The fourth-order valence-corrected chi connectivity index (χ4v) is 2.29. The number of cyclic esters (lactones) is 1. The monoisotopic (exact) mass is 344 g/mol. The molecule has 0 unspecified atom stereocenters. The zero-order valence-electron chi connectivity index (χ0n) is 10.9. The summed E-state index contributed by atoms with van der Waals surface area (Å²) < 4.78 is 18.1. The van der Waals surface area contributed by atoms with Crippen LogP contribution < -0.4 is 5.32 Å². The van der Waals surface area contributed by atoms with Crippen molar-refractivity contribution in [3.63, 3.8) is 0 Å². The summed E-state index contributed by atoms with van der Waals surface area (Å²) in [5.74, 6) is -0.736. The van der Waals surface area contributed by atoms with Gasteiger partial charge in [-0.1, -0.05) is 0 Å². The summed E-state index contributed by atoms with van der Waals surface area (Å²) in [5, 5.41) is 2.76. The van der Waals surface area contributed by atoms with Crippen molar-refractivity contribution in [2.45, 2.75) is 13.0 Å². The predicted molar refractivity (Wildman–Crippen MR) is 73.9 cm³/mol. The molecule has 2 amide bonds. The van der Waals surface area contributed by atoms with Crippen LogP contribution in [0, 0.1) is 5.82 Å². The van der Waals surface area contributed by atoms with Crippen molar-refractivity contribution in [2.75, 3.05) is 19.7 Å². The first kappa shape index (κ1) is 14.8. The Hall–Kier alpha value is -1.63. The summed E-state index contributed by atoms with van der Waals surface area (Å²) in [7, 11) is 0. The predicted octanol–water partition coefficient (Wildman–Crippen LogP) is 2.16. The maximum atomic E-state index is 13.1. The van der Waals surface area contributed by atoms with E-state index in [0.29, 0.717) is 25.3 Å². The molecule has 0 aromatic heterocycles. The van der Waals surface area contributed by atoms with Crippen LogP contribution in [-0.2, 0) is 4.74 Å². The van der Waals surface area contributed by atoms with Crippen molar-refractivity contribution < 1.29 is 18.7 Å². The molecule has 2 rings (SSSR count). The maximum Gasteiger partial charge on any atom is 0.410 e. The molecule has 1 N–H and O–H groups in total. The Bertz CT molecular complexity index is 538. The van der Waals surface area contributed by atoms with E-state index in [4.69, 9.17) is 4.74 Å². The lowest BCUT2D eigenvalue weighted by Crippen LogP contribution is -2.42. The molecule has 1 aliphatic rings. The molecule has 1 saturated heterocycles. The van der Waals surface area contributed by atoms with Crippen molar-refractivity contribution in [3.8, 4) is 0 Å². The van der Waals surface area contributed by atoms with Crippen LogP contribution in [0.1, 0.15) is 17.3 Å². The number of nitrogens with zero attached hydrogens (tertiary/aromatic N) is 1. The van der Waals surface area contributed by atoms with Gasteiger partial charge in [0.2, 0.25) is 0 Å². The van der Waals surface area contributed by atoms with E-state index in [9.17, 15) is 14.0 Å². The van der Waals surface area contributed by atoms with Crippen molar-refractivity contribution in [2.24, 2.45) is 0 Å². The number of hydrogen-bond acceptors (Lipinski definition) is 3. The van der Waals surface area contributed by atoms with Gasteiger partial charge in [0.25, 0.3) is 5.91 Å². The van der Waals surface area contributed by atoms with Gasteiger partial charge in [0, 0.05) is 18.2 Å². The molecule has 7 heteroatoms. The molecule has 1 heterocycles. The molecule has 5 nitrogen and oxygen atoms in total. The van der Waals surface area contributed by atoms with E-state index in [1.807, 2.05) is 0 Å². The fraction of sp³-hybridized carbons (Fsp3) is 0.385. The number of rotatable bonds is 4. The van der Waals surface area contributed by atoms with E-state index in [1.165, 1.54) is 23.1 Å². The Morgan fingerprint density at radius 2 is 2.35 bits per heavy atom. The molecule has 108 valence electrons. The zero-order valence-corrected chi connectivity index (χ0v) is 12.4. The van der Waals surface area contributed by atoms with Gasteiger partial charge in [-0.2, -0.15) is 0 Å². The first-order chi connectivity index (χ1) is 9.47. The fourth-order valence-electron chi connectivity index (χ4n) is 1.91. The van der Waals surface area contributed by atoms with Gasteiger partial charge in [0.15, 0.2) is 0 Å². The molecule has 1 aliphatic heterocycles. The van der Waals surface area contributed by atoms with E-state index in [-0.39, 0.29) is 22.5 Å². The standard InChI is InChI=1S/C13H14BrFN2O3/c1-8(7-17-4-5-20-13(17)19)16-12(18)9-2-3-11(15)10(14)6-9/h2-3,6,8H,4-5,7H2,1H3,(H,16,18)/t8-/m0/s1. The van der Waals surface area contributed by atoms with Crippen LogP contribution in [0.4, 0.5) is 9.18 Å². The lowest BCUT2D eigenvalue weighted by Gasteiger charge is -2.19. The van der Waals surface area contributed by atoms with Crippen LogP contribution in [0.2, 0.25) is 0 Å². The first-order valence-corrected chi connectivity index (χ1v) is 6.94. The number of halogens is 2. The SMILES string of the molecule is C[C@@H](CN1CCOC1=O)NC(=O)c1ccc(F)c(Br)c1. The number of carbonyl (C=O) groups is 2. The average Bonchev–Trinajstić information content (AvgIpc) is 2.78. The highest BCUT2D eigenvalue weighted by Crippen LogP contribution is 2.16. The van der Waals surface area contributed by atoms with Crippen LogP contribution in [0.15, 0.2) is 22.7 Å². The number of amides is 2. The summed E-state index contributed by atoms with van der Waals surface area (Å²) >= 11 is 3.03. The zero-order chi connectivity index (χ0) is 14.7. The smallest absolute Gasteiger partial charge is 0.410 e. The minimum Gasteiger partial charge on any atom is -0.448 e. The van der Waals surface area contributed by atoms with E-state index >= 15 is 0 Å². The molecular weight excluding hydrogens is 331 g/mol. The maximum absolute atomic E-state index is 13.1. The molecule has 0 aliphatic carbocycles. The number of benzene rings is 1. The largest absolute Gasteiger partial charge is 0.448 e. The molecule has 20 heavy (non-hydrogen) atoms. The second-order valence-electron chi connectivity index (χ2n) is 4.56. The molecule has 0 spiro atoms. The molecule has 0 bridgehead atoms. The summed E-state index contributed by atoms with van der Waals surface area (Å²) in [5.41, 5.74) is 0.356. The topological polar surface area (TPSA) is 58.6 Å². The number of carbonyl (C=O) groups excluding carboxylic acids is 2. The van der Waals surface area contributed by atoms with Crippen LogP contribution in [0.5, 0.6) is 0 Å². The Balaban J connectivity index is 1.93. The average molecular weight is 345 g/mol. The molecule has 1 atom stereocenters. The summed E-state index contributed by atoms with van der Waals surface area (Å²) in [6.45, 7) is 3.08. The van der Waals surface area contributed by atoms with Crippen LogP contribution in [0.3, 0.4) is 0 Å². The van der Waals surface area contributed by atoms with Crippen LogP contribution >= 0.6 is 15.9 Å². The number of ether oxygens (including phenoxy) is 1. The Labute approximate surface area is 124 Å². The van der Waals surface area contributed by atoms with Gasteiger partial charge in [-0.25, -0.2) is 9.18 Å². The molecule has 1 aromatic rings. The first-order valence-electron chi connectivity index (χ1n) is 6.15. The number of nitrogens with one attached hydrogen (secondary N) is 1. The van der Waals surface area contributed by atoms with Gasteiger partial charge in [0.05, 0.1) is 11.0 Å². The molecule has 0 saturated carbocycles. The minimum atomic E-state index is -0.422. The third kappa shape index (κ3) is 3.47. The lowest BCUT2D eigenvalue weighted by atomic mass is 10.2. The number of hydrogen-bond donors (Lipinski definition) is 1. The van der Waals surface area contributed by atoms with Gasteiger partial charge in [-0.15, -0.1) is 0 Å². The molecule has 1 aromatic carbocycles. The molecule has 0 radical (unpaired) electrons. The van der Waals surface area contributed by atoms with E-state index in [2.05, 4.69) is 21.2 Å². The van der Waals surface area contributed by atoms with Gasteiger partial charge in [-0.05, 0) is 41.1 Å². The van der Waals surface area contributed by atoms with Crippen molar-refractivity contribution in [1.82, 2.24) is 10.2 Å². The minimum absolute atomic E-state index is 0.225. The quantitative estimate of drug-likeness (QED) is 0.910. The molecule has 1 fully saturated rings. The third-order valence-electron chi connectivity index (χ3n) is 2.90. The van der Waals surface area contributed by atoms with E-state index in [0.717, 1.165) is 0 Å². The van der Waals surface area contributed by atoms with Crippen molar-refractivity contribution >= 4 is 27.9 Å². The third-order valence-corrected chi connectivity index (χ3v) is 3.51. The highest BCUT2D eigenvalue weighted by atomic mass is 79.9.